The van der Waals surface area contributed by atoms with Crippen LogP contribution in [0.3, 0.4) is 0 Å². The zero-order valence-electron chi connectivity index (χ0n) is 23.0. The largest absolute Gasteiger partial charge is 0.479 e. The predicted molar refractivity (Wildman–Crippen MR) is 134 cm³/mol. The second-order valence-electron chi connectivity index (χ2n) is 12.3. The van der Waals surface area contributed by atoms with Gasteiger partial charge in [0, 0.05) is 0 Å². The van der Waals surface area contributed by atoms with Gasteiger partial charge in [0.15, 0.2) is 18.7 Å². The second kappa shape index (κ2) is 12.3. The van der Waals surface area contributed by atoms with Gasteiger partial charge in [-0.05, 0) is 56.8 Å². The van der Waals surface area contributed by atoms with Crippen LogP contribution in [0, 0.1) is 11.3 Å². The van der Waals surface area contributed by atoms with E-state index in [4.69, 9.17) is 28.4 Å². The highest BCUT2D eigenvalue weighted by Crippen LogP contribution is 2.51. The normalized spacial score (nSPS) is 49.4. The van der Waals surface area contributed by atoms with Gasteiger partial charge < -0.3 is 59.1 Å². The Labute approximate surface area is 233 Å². The summed E-state index contributed by atoms with van der Waals surface area (Å²) in [5.41, 5.74) is -0.142. The van der Waals surface area contributed by atoms with Crippen LogP contribution in [0.15, 0.2) is 0 Å². The van der Waals surface area contributed by atoms with Crippen LogP contribution in [0.5, 0.6) is 0 Å². The zero-order valence-corrected chi connectivity index (χ0v) is 23.0. The van der Waals surface area contributed by atoms with E-state index in [0.29, 0.717) is 19.4 Å². The maximum atomic E-state index is 12.0. The van der Waals surface area contributed by atoms with E-state index >= 15 is 0 Å². The number of carboxylic acid groups (broad SMARTS) is 1. The van der Waals surface area contributed by atoms with Crippen molar-refractivity contribution in [2.45, 2.75) is 139 Å². The molecule has 5 fully saturated rings. The summed E-state index contributed by atoms with van der Waals surface area (Å²) in [7, 11) is 0. The number of hydrogen-bond donors (Lipinski definition) is 6. The Kier molecular flexibility index (Phi) is 9.40. The maximum Gasteiger partial charge on any atom is 0.332 e. The molecule has 13 heteroatoms. The van der Waals surface area contributed by atoms with Crippen molar-refractivity contribution in [3.05, 3.63) is 0 Å². The zero-order chi connectivity index (χ0) is 28.8. The molecule has 40 heavy (non-hydrogen) atoms. The lowest BCUT2D eigenvalue weighted by Gasteiger charge is -2.47. The lowest BCUT2D eigenvalue weighted by atomic mass is 9.85. The Bertz CT molecular complexity index is 869. The average Bonchev–Trinajstić information content (AvgIpc) is 3.68. The lowest BCUT2D eigenvalue weighted by Crippen LogP contribution is -2.63. The van der Waals surface area contributed by atoms with E-state index in [-0.39, 0.29) is 17.8 Å². The van der Waals surface area contributed by atoms with Gasteiger partial charge in [-0.2, -0.15) is 0 Å². The Balaban J connectivity index is 1.37. The first-order valence-corrected chi connectivity index (χ1v) is 14.5. The Morgan fingerprint density at radius 3 is 2.27 bits per heavy atom. The molecule has 5 aliphatic rings. The van der Waals surface area contributed by atoms with Gasteiger partial charge in [-0.1, -0.05) is 13.3 Å². The minimum Gasteiger partial charge on any atom is -0.479 e. The van der Waals surface area contributed by atoms with E-state index in [1.54, 1.807) is 6.92 Å². The Morgan fingerprint density at radius 2 is 1.60 bits per heavy atom. The van der Waals surface area contributed by atoms with Crippen LogP contribution >= 0.6 is 0 Å². The summed E-state index contributed by atoms with van der Waals surface area (Å²) < 4.78 is 36.6. The van der Waals surface area contributed by atoms with E-state index in [1.807, 2.05) is 6.92 Å². The van der Waals surface area contributed by atoms with Gasteiger partial charge in [0.2, 0.25) is 0 Å². The molecule has 0 amide bonds. The molecule has 230 valence electrons. The molecule has 14 atom stereocenters. The second-order valence-corrected chi connectivity index (χ2v) is 12.3. The van der Waals surface area contributed by atoms with E-state index in [2.05, 4.69) is 0 Å². The molecule has 0 radical (unpaired) electrons. The summed E-state index contributed by atoms with van der Waals surface area (Å²) in [6.07, 6.45) is -9.22. The number of hydrogen-bond acceptors (Lipinski definition) is 12. The maximum absolute atomic E-state index is 12.0. The summed E-state index contributed by atoms with van der Waals surface area (Å²) in [6.45, 7) is 3.35. The van der Waals surface area contributed by atoms with Crippen LogP contribution in [0.4, 0.5) is 0 Å². The molecule has 2 saturated carbocycles. The number of aliphatic carboxylic acids is 1. The molecule has 0 bridgehead atoms. The number of rotatable bonds is 6. The molecule has 3 saturated heterocycles. The monoisotopic (exact) mass is 576 g/mol. The summed E-state index contributed by atoms with van der Waals surface area (Å²) in [6, 6.07) is 0. The molecule has 0 aromatic carbocycles. The smallest absolute Gasteiger partial charge is 0.332 e. The fraction of sp³-hybridized carbons (Fsp3) is 0.963. The fourth-order valence-electron chi connectivity index (χ4n) is 6.43. The number of ether oxygens (including phenoxy) is 6. The van der Waals surface area contributed by atoms with Crippen molar-refractivity contribution in [1.82, 2.24) is 0 Å². The summed E-state index contributed by atoms with van der Waals surface area (Å²) in [5, 5.41) is 61.7. The third-order valence-electron chi connectivity index (χ3n) is 9.36. The lowest BCUT2D eigenvalue weighted by molar-refractivity contribution is -0.352. The molecule has 14 unspecified atom stereocenters. The Hall–Kier alpha value is -0.970. The number of fused-ring (bicyclic) bond motifs is 1. The van der Waals surface area contributed by atoms with Crippen molar-refractivity contribution in [3.8, 4) is 0 Å². The van der Waals surface area contributed by atoms with E-state index in [0.717, 1.165) is 25.7 Å². The van der Waals surface area contributed by atoms with Crippen molar-refractivity contribution in [1.29, 1.82) is 0 Å². The molecular formula is C27H44O13. The third-order valence-corrected chi connectivity index (χ3v) is 9.36. The summed E-state index contributed by atoms with van der Waals surface area (Å²) >= 11 is 0. The first-order chi connectivity index (χ1) is 19.0. The van der Waals surface area contributed by atoms with Gasteiger partial charge in [-0.15, -0.1) is 0 Å². The number of aliphatic hydroxyl groups is 5. The molecule has 0 aromatic rings. The predicted octanol–water partition coefficient (Wildman–Crippen LogP) is -0.720. The van der Waals surface area contributed by atoms with Gasteiger partial charge in [0.1, 0.15) is 42.7 Å². The van der Waals surface area contributed by atoms with E-state index in [1.165, 1.54) is 0 Å². The van der Waals surface area contributed by atoms with Crippen LogP contribution < -0.4 is 0 Å². The van der Waals surface area contributed by atoms with Crippen LogP contribution in [0.1, 0.15) is 58.8 Å². The topological polar surface area (TPSA) is 194 Å². The quantitative estimate of drug-likeness (QED) is 0.232. The fourth-order valence-corrected chi connectivity index (χ4v) is 6.43. The van der Waals surface area contributed by atoms with Crippen molar-refractivity contribution < 1.29 is 63.9 Å². The van der Waals surface area contributed by atoms with Gasteiger partial charge in [0.25, 0.3) is 0 Å². The van der Waals surface area contributed by atoms with Crippen LogP contribution in [-0.2, 0) is 33.2 Å². The first-order valence-electron chi connectivity index (χ1n) is 14.5. The first kappa shape index (κ1) is 30.5. The Morgan fingerprint density at radius 1 is 0.850 bits per heavy atom. The van der Waals surface area contributed by atoms with E-state index < -0.39 is 92.3 Å². The standard InChI is InChI=1S/C27H44O13/c1-12-4-3-5-14(21(12)40-25-20(32)19(31)17(29)13(2)36-25)38-26-23-22(18(30)16(10-28)39-26)37-15(24(33)34)6-7-27(8-9-27)11-35-23/h12-23,25-26,28-32H,3-11H2,1-2H3,(H,33,34). The average molecular weight is 577 g/mol. The summed E-state index contributed by atoms with van der Waals surface area (Å²) in [4.78, 5) is 12.0. The highest BCUT2D eigenvalue weighted by atomic mass is 16.7. The van der Waals surface area contributed by atoms with Crippen molar-refractivity contribution >= 4 is 5.97 Å². The molecule has 13 nitrogen and oxygen atoms in total. The minimum atomic E-state index is -1.47. The number of aliphatic hydroxyl groups excluding tert-OH is 5. The van der Waals surface area contributed by atoms with E-state index in [9.17, 15) is 35.4 Å². The van der Waals surface area contributed by atoms with Crippen LogP contribution in [-0.4, -0.2) is 130 Å². The van der Waals surface area contributed by atoms with Gasteiger partial charge in [-0.3, -0.25) is 0 Å². The molecule has 5 rings (SSSR count). The van der Waals surface area contributed by atoms with Crippen molar-refractivity contribution in [2.24, 2.45) is 11.3 Å². The number of carboxylic acids is 1. The highest BCUT2D eigenvalue weighted by Gasteiger charge is 2.54. The molecule has 3 heterocycles. The minimum absolute atomic E-state index is 0.0312. The molecular weight excluding hydrogens is 532 g/mol. The van der Waals surface area contributed by atoms with Crippen LogP contribution in [0.2, 0.25) is 0 Å². The SMILES string of the molecule is CC1CCCC(OC2OC(CO)C(O)C3OC(C(=O)O)CCC4(CC4)COC23)C1OC1OC(C)C(O)C(O)C1O. The molecule has 3 aliphatic heterocycles. The molecule has 6 N–H and O–H groups in total. The van der Waals surface area contributed by atoms with Gasteiger partial charge >= 0.3 is 5.97 Å². The van der Waals surface area contributed by atoms with Crippen molar-refractivity contribution in [2.75, 3.05) is 13.2 Å². The van der Waals surface area contributed by atoms with Gasteiger partial charge in [-0.25, -0.2) is 4.79 Å². The molecule has 1 spiro atoms. The van der Waals surface area contributed by atoms with Crippen LogP contribution in [0.25, 0.3) is 0 Å². The molecule has 2 aliphatic carbocycles. The molecule has 0 aromatic heterocycles. The third kappa shape index (κ3) is 6.20. The summed E-state index contributed by atoms with van der Waals surface area (Å²) in [5.74, 6) is -1.16. The van der Waals surface area contributed by atoms with Gasteiger partial charge in [0.05, 0.1) is 31.5 Å². The number of carbonyl (C=O) groups is 1. The van der Waals surface area contributed by atoms with Crippen molar-refractivity contribution in [3.63, 3.8) is 0 Å². The highest BCUT2D eigenvalue weighted by molar-refractivity contribution is 5.72.